The van der Waals surface area contributed by atoms with Crippen molar-refractivity contribution in [1.82, 2.24) is 4.90 Å². The second kappa shape index (κ2) is 8.34. The third-order valence-electron chi connectivity index (χ3n) is 3.99. The van der Waals surface area contributed by atoms with Crippen LogP contribution in [0.5, 0.6) is 0 Å². The summed E-state index contributed by atoms with van der Waals surface area (Å²) < 4.78 is 5.65. The van der Waals surface area contributed by atoms with E-state index in [9.17, 15) is 0 Å². The maximum Gasteiger partial charge on any atom is 0.0622 e. The molecule has 2 rings (SSSR count). The summed E-state index contributed by atoms with van der Waals surface area (Å²) in [7, 11) is 0. The first-order chi connectivity index (χ1) is 9.40. The monoisotopic (exact) mass is 261 g/mol. The summed E-state index contributed by atoms with van der Waals surface area (Å²) >= 11 is 0. The van der Waals surface area contributed by atoms with Gasteiger partial charge < -0.3 is 4.74 Å². The number of rotatable bonds is 7. The molecule has 1 fully saturated rings. The van der Waals surface area contributed by atoms with Crippen molar-refractivity contribution in [2.24, 2.45) is 0 Å². The molecule has 0 bridgehead atoms. The number of nitrogens with zero attached hydrogens (tertiary/aromatic N) is 1. The first-order valence-electron chi connectivity index (χ1n) is 7.76. The second-order valence-electron chi connectivity index (χ2n) is 5.50. The third-order valence-corrected chi connectivity index (χ3v) is 3.99. The van der Waals surface area contributed by atoms with E-state index >= 15 is 0 Å². The summed E-state index contributed by atoms with van der Waals surface area (Å²) in [6.07, 6.45) is 6.32. The van der Waals surface area contributed by atoms with E-state index in [2.05, 4.69) is 42.2 Å². The fraction of sp³-hybridized carbons (Fsp3) is 0.647. The molecule has 0 saturated carbocycles. The lowest BCUT2D eigenvalue weighted by atomic mass is 10.0. The summed E-state index contributed by atoms with van der Waals surface area (Å²) in [6, 6.07) is 11.5. The Labute approximate surface area is 117 Å². The molecule has 0 aliphatic carbocycles. The van der Waals surface area contributed by atoms with E-state index in [-0.39, 0.29) is 0 Å². The SMILES string of the molecule is CCCCN1CCOCC1CCCc1ccccc1. The molecule has 1 saturated heterocycles. The van der Waals surface area contributed by atoms with Crippen LogP contribution >= 0.6 is 0 Å². The molecule has 1 unspecified atom stereocenters. The number of hydrogen-bond acceptors (Lipinski definition) is 2. The van der Waals surface area contributed by atoms with Gasteiger partial charge in [-0.2, -0.15) is 0 Å². The Morgan fingerprint density at radius 1 is 1.21 bits per heavy atom. The lowest BCUT2D eigenvalue weighted by Crippen LogP contribution is -2.45. The highest BCUT2D eigenvalue weighted by atomic mass is 16.5. The number of morpholine rings is 1. The smallest absolute Gasteiger partial charge is 0.0622 e. The maximum absolute atomic E-state index is 5.65. The molecule has 0 aromatic heterocycles. The quantitative estimate of drug-likeness (QED) is 0.744. The molecule has 2 nitrogen and oxygen atoms in total. The van der Waals surface area contributed by atoms with E-state index in [1.165, 1.54) is 44.2 Å². The summed E-state index contributed by atoms with van der Waals surface area (Å²) in [5.41, 5.74) is 1.46. The van der Waals surface area contributed by atoms with Gasteiger partial charge in [-0.3, -0.25) is 4.90 Å². The zero-order chi connectivity index (χ0) is 13.3. The molecule has 1 atom stereocenters. The standard InChI is InChI=1S/C17H27NO/c1-2-3-12-18-13-14-19-15-17(18)11-7-10-16-8-5-4-6-9-16/h4-6,8-9,17H,2-3,7,10-15H2,1H3. The van der Waals surface area contributed by atoms with Crippen molar-refractivity contribution < 1.29 is 4.74 Å². The number of aryl methyl sites for hydroxylation is 1. The van der Waals surface area contributed by atoms with Gasteiger partial charge in [0.2, 0.25) is 0 Å². The minimum atomic E-state index is 0.643. The minimum Gasteiger partial charge on any atom is -0.378 e. The van der Waals surface area contributed by atoms with Crippen LogP contribution in [-0.4, -0.2) is 37.2 Å². The molecule has 1 aliphatic heterocycles. The molecule has 0 radical (unpaired) electrons. The van der Waals surface area contributed by atoms with Crippen molar-refractivity contribution in [1.29, 1.82) is 0 Å². The van der Waals surface area contributed by atoms with Crippen LogP contribution < -0.4 is 0 Å². The Kier molecular flexibility index (Phi) is 6.38. The van der Waals surface area contributed by atoms with Gasteiger partial charge in [-0.05, 0) is 37.8 Å². The van der Waals surface area contributed by atoms with Crippen LogP contribution in [0.4, 0.5) is 0 Å². The van der Waals surface area contributed by atoms with Gasteiger partial charge in [0.15, 0.2) is 0 Å². The first-order valence-corrected chi connectivity index (χ1v) is 7.76. The molecular formula is C17H27NO. The van der Waals surface area contributed by atoms with Gasteiger partial charge in [-0.25, -0.2) is 0 Å². The average molecular weight is 261 g/mol. The fourth-order valence-corrected chi connectivity index (χ4v) is 2.80. The molecular weight excluding hydrogens is 234 g/mol. The third kappa shape index (κ3) is 4.96. The Morgan fingerprint density at radius 3 is 2.84 bits per heavy atom. The van der Waals surface area contributed by atoms with Gasteiger partial charge in [0.1, 0.15) is 0 Å². The van der Waals surface area contributed by atoms with E-state index in [4.69, 9.17) is 4.74 Å². The van der Waals surface area contributed by atoms with Crippen LogP contribution in [0.3, 0.4) is 0 Å². The van der Waals surface area contributed by atoms with Gasteiger partial charge in [0, 0.05) is 12.6 Å². The first kappa shape index (κ1) is 14.5. The van der Waals surface area contributed by atoms with Gasteiger partial charge in [-0.1, -0.05) is 43.7 Å². The molecule has 1 aromatic carbocycles. The molecule has 2 heteroatoms. The van der Waals surface area contributed by atoms with Crippen molar-refractivity contribution in [2.75, 3.05) is 26.3 Å². The predicted molar refractivity (Wildman–Crippen MR) is 80.5 cm³/mol. The van der Waals surface area contributed by atoms with Crippen LogP contribution in [0, 0.1) is 0 Å². The minimum absolute atomic E-state index is 0.643. The molecule has 1 aliphatic rings. The number of benzene rings is 1. The summed E-state index contributed by atoms with van der Waals surface area (Å²) in [5.74, 6) is 0. The van der Waals surface area contributed by atoms with Crippen LogP contribution in [-0.2, 0) is 11.2 Å². The largest absolute Gasteiger partial charge is 0.378 e. The van der Waals surface area contributed by atoms with Gasteiger partial charge in [-0.15, -0.1) is 0 Å². The fourth-order valence-electron chi connectivity index (χ4n) is 2.80. The van der Waals surface area contributed by atoms with E-state index in [1.54, 1.807) is 0 Å². The molecule has 0 amide bonds. The Bertz CT molecular complexity index is 338. The van der Waals surface area contributed by atoms with Crippen molar-refractivity contribution in [3.8, 4) is 0 Å². The summed E-state index contributed by atoms with van der Waals surface area (Å²) in [6.45, 7) is 6.48. The van der Waals surface area contributed by atoms with Crippen LogP contribution in [0.25, 0.3) is 0 Å². The highest BCUT2D eigenvalue weighted by Crippen LogP contribution is 2.15. The van der Waals surface area contributed by atoms with Gasteiger partial charge in [0.25, 0.3) is 0 Å². The molecule has 1 heterocycles. The Balaban J connectivity index is 1.73. The van der Waals surface area contributed by atoms with Gasteiger partial charge in [0.05, 0.1) is 13.2 Å². The molecule has 19 heavy (non-hydrogen) atoms. The van der Waals surface area contributed by atoms with E-state index in [1.807, 2.05) is 0 Å². The van der Waals surface area contributed by atoms with Crippen molar-refractivity contribution in [3.05, 3.63) is 35.9 Å². The molecule has 0 N–H and O–H groups in total. The number of hydrogen-bond donors (Lipinski definition) is 0. The second-order valence-corrected chi connectivity index (χ2v) is 5.50. The summed E-state index contributed by atoms with van der Waals surface area (Å²) in [5, 5.41) is 0. The maximum atomic E-state index is 5.65. The van der Waals surface area contributed by atoms with E-state index in [0.29, 0.717) is 6.04 Å². The molecule has 1 aromatic rings. The summed E-state index contributed by atoms with van der Waals surface area (Å²) in [4.78, 5) is 2.64. The van der Waals surface area contributed by atoms with Crippen molar-refractivity contribution in [2.45, 2.75) is 45.1 Å². The zero-order valence-electron chi connectivity index (χ0n) is 12.2. The molecule has 0 spiro atoms. The topological polar surface area (TPSA) is 12.5 Å². The lowest BCUT2D eigenvalue weighted by Gasteiger charge is -2.35. The van der Waals surface area contributed by atoms with Crippen molar-refractivity contribution in [3.63, 3.8) is 0 Å². The van der Waals surface area contributed by atoms with Crippen molar-refractivity contribution >= 4 is 0 Å². The predicted octanol–water partition coefficient (Wildman–Crippen LogP) is 3.51. The van der Waals surface area contributed by atoms with Crippen LogP contribution in [0.15, 0.2) is 30.3 Å². The highest BCUT2D eigenvalue weighted by Gasteiger charge is 2.21. The van der Waals surface area contributed by atoms with E-state index in [0.717, 1.165) is 19.8 Å². The molecule has 106 valence electrons. The highest BCUT2D eigenvalue weighted by molar-refractivity contribution is 5.14. The lowest BCUT2D eigenvalue weighted by molar-refractivity contribution is -0.0113. The Morgan fingerprint density at radius 2 is 2.05 bits per heavy atom. The average Bonchev–Trinajstić information content (AvgIpc) is 2.47. The van der Waals surface area contributed by atoms with E-state index < -0.39 is 0 Å². The number of ether oxygens (including phenoxy) is 1. The van der Waals surface area contributed by atoms with Crippen LogP contribution in [0.1, 0.15) is 38.2 Å². The zero-order valence-corrected chi connectivity index (χ0v) is 12.2. The van der Waals surface area contributed by atoms with Gasteiger partial charge >= 0.3 is 0 Å². The normalized spacial score (nSPS) is 20.6. The Hall–Kier alpha value is -0.860. The number of unbranched alkanes of at least 4 members (excludes halogenated alkanes) is 1. The van der Waals surface area contributed by atoms with Crippen LogP contribution in [0.2, 0.25) is 0 Å².